The minimum absolute atomic E-state index is 0.153. The molecule has 7 heteroatoms. The van der Waals surface area contributed by atoms with Crippen LogP contribution in [0.15, 0.2) is 11.8 Å². The molecule has 2 aliphatic heterocycles. The largest absolute Gasteiger partial charge is 0.497 e. The van der Waals surface area contributed by atoms with Gasteiger partial charge in [0, 0.05) is 0 Å². The second-order valence-electron chi connectivity index (χ2n) is 6.10. The topological polar surface area (TPSA) is 91.3 Å². The number of aliphatic carboxylic acids is 1. The molecule has 2 fully saturated rings. The Bertz CT molecular complexity index is 508. The average molecular weight is 312 g/mol. The second-order valence-corrected chi connectivity index (χ2v) is 6.10. The monoisotopic (exact) mass is 312 g/mol. The van der Waals surface area contributed by atoms with Crippen molar-refractivity contribution < 1.29 is 33.6 Å². The summed E-state index contributed by atoms with van der Waals surface area (Å²) in [6.07, 6.45) is 1.44. The minimum Gasteiger partial charge on any atom is -0.497 e. The zero-order valence-corrected chi connectivity index (χ0v) is 12.6. The van der Waals surface area contributed by atoms with E-state index in [-0.39, 0.29) is 5.92 Å². The molecule has 22 heavy (non-hydrogen) atoms. The summed E-state index contributed by atoms with van der Waals surface area (Å²) >= 11 is 0. The van der Waals surface area contributed by atoms with Crippen molar-refractivity contribution in [1.82, 2.24) is 0 Å². The summed E-state index contributed by atoms with van der Waals surface area (Å²) in [5.41, 5.74) is -0.994. The smallest absolute Gasteiger partial charge is 0.335 e. The Labute approximate surface area is 128 Å². The van der Waals surface area contributed by atoms with E-state index in [1.54, 1.807) is 0 Å². The number of carboxylic acid groups (broad SMARTS) is 1. The molecule has 1 spiro atoms. The van der Waals surface area contributed by atoms with E-state index in [2.05, 4.69) is 0 Å². The molecular formula is C15H20O7. The van der Waals surface area contributed by atoms with Gasteiger partial charge in [-0.15, -0.1) is 0 Å². The molecule has 0 aromatic heterocycles. The van der Waals surface area contributed by atoms with E-state index in [0.29, 0.717) is 31.8 Å². The molecule has 122 valence electrons. The third-order valence-electron chi connectivity index (χ3n) is 4.88. The van der Waals surface area contributed by atoms with Gasteiger partial charge in [0.05, 0.1) is 38.2 Å². The number of carbonyl (C=O) groups excluding carboxylic acids is 1. The van der Waals surface area contributed by atoms with Crippen LogP contribution < -0.4 is 0 Å². The van der Waals surface area contributed by atoms with Gasteiger partial charge in [-0.25, -0.2) is 4.79 Å². The highest BCUT2D eigenvalue weighted by atomic mass is 16.7. The molecular weight excluding hydrogens is 292 g/mol. The predicted molar refractivity (Wildman–Crippen MR) is 72.6 cm³/mol. The number of hydrogen-bond acceptors (Lipinski definition) is 6. The minimum atomic E-state index is -0.994. The van der Waals surface area contributed by atoms with Crippen molar-refractivity contribution in [1.29, 1.82) is 0 Å². The van der Waals surface area contributed by atoms with Crippen LogP contribution in [0.2, 0.25) is 0 Å². The van der Waals surface area contributed by atoms with Gasteiger partial charge in [-0.05, 0) is 18.8 Å². The van der Waals surface area contributed by atoms with Crippen molar-refractivity contribution >= 4 is 11.9 Å². The zero-order chi connectivity index (χ0) is 15.9. The molecule has 4 atom stereocenters. The van der Waals surface area contributed by atoms with Crippen molar-refractivity contribution in [3.8, 4) is 0 Å². The summed E-state index contributed by atoms with van der Waals surface area (Å²) in [6, 6.07) is 0. The van der Waals surface area contributed by atoms with Gasteiger partial charge in [0.1, 0.15) is 5.76 Å². The Morgan fingerprint density at radius 1 is 1.41 bits per heavy atom. The third kappa shape index (κ3) is 2.28. The molecule has 0 amide bonds. The summed E-state index contributed by atoms with van der Waals surface area (Å²) < 4.78 is 22.1. The SMILES string of the molecule is COC1=CC(=O)O[C@]12C[C@@H](C)[C@H](C(=O)O)C[C@H]2C1OCCO1. The lowest BCUT2D eigenvalue weighted by Crippen LogP contribution is -2.54. The van der Waals surface area contributed by atoms with Gasteiger partial charge in [-0.2, -0.15) is 0 Å². The molecule has 2 heterocycles. The number of carboxylic acids is 1. The van der Waals surface area contributed by atoms with Gasteiger partial charge < -0.3 is 24.1 Å². The lowest BCUT2D eigenvalue weighted by atomic mass is 9.65. The molecule has 1 saturated heterocycles. The fraction of sp³-hybridized carbons (Fsp3) is 0.733. The van der Waals surface area contributed by atoms with Crippen LogP contribution in [-0.4, -0.2) is 49.3 Å². The van der Waals surface area contributed by atoms with E-state index in [9.17, 15) is 14.7 Å². The summed E-state index contributed by atoms with van der Waals surface area (Å²) in [5.74, 6) is -1.97. The standard InChI is InChI=1S/C15H20O7/c1-8-7-15(11(19-2)6-12(16)22-15)10(5-9(8)13(17)18)14-20-3-4-21-14/h6,8-10,14H,3-5,7H2,1-2H3,(H,17,18)/t8-,9-,10+,15+/m1/s1. The predicted octanol–water partition coefficient (Wildman–Crippen LogP) is 0.932. The molecule has 1 saturated carbocycles. The lowest BCUT2D eigenvalue weighted by Gasteiger charge is -2.46. The highest BCUT2D eigenvalue weighted by Gasteiger charge is 2.60. The fourth-order valence-electron chi connectivity index (χ4n) is 3.87. The Morgan fingerprint density at radius 3 is 2.68 bits per heavy atom. The molecule has 0 bridgehead atoms. The molecule has 0 aromatic carbocycles. The second kappa shape index (κ2) is 5.55. The average Bonchev–Trinajstić information content (AvgIpc) is 3.07. The van der Waals surface area contributed by atoms with Crippen LogP contribution in [0.4, 0.5) is 0 Å². The maximum absolute atomic E-state index is 11.8. The van der Waals surface area contributed by atoms with Gasteiger partial charge >= 0.3 is 11.9 Å². The van der Waals surface area contributed by atoms with Crippen molar-refractivity contribution in [2.75, 3.05) is 20.3 Å². The first-order valence-electron chi connectivity index (χ1n) is 7.43. The van der Waals surface area contributed by atoms with Crippen LogP contribution in [0, 0.1) is 17.8 Å². The van der Waals surface area contributed by atoms with Gasteiger partial charge in [0.25, 0.3) is 0 Å². The van der Waals surface area contributed by atoms with Gasteiger partial charge in [0.15, 0.2) is 11.9 Å². The number of ether oxygens (including phenoxy) is 4. The molecule has 0 aromatic rings. The molecule has 0 radical (unpaired) electrons. The van der Waals surface area contributed by atoms with E-state index in [1.807, 2.05) is 6.92 Å². The van der Waals surface area contributed by atoms with Crippen molar-refractivity contribution in [3.63, 3.8) is 0 Å². The Morgan fingerprint density at radius 2 is 2.09 bits per heavy atom. The van der Waals surface area contributed by atoms with Crippen molar-refractivity contribution in [3.05, 3.63) is 11.8 Å². The summed E-state index contributed by atoms with van der Waals surface area (Å²) in [5, 5.41) is 9.44. The van der Waals surface area contributed by atoms with E-state index in [4.69, 9.17) is 18.9 Å². The summed E-state index contributed by atoms with van der Waals surface area (Å²) in [4.78, 5) is 23.3. The van der Waals surface area contributed by atoms with E-state index >= 15 is 0 Å². The number of esters is 1. The number of rotatable bonds is 3. The van der Waals surface area contributed by atoms with E-state index in [0.717, 1.165) is 0 Å². The molecule has 1 N–H and O–H groups in total. The Kier molecular flexibility index (Phi) is 3.86. The van der Waals surface area contributed by atoms with Crippen LogP contribution in [0.3, 0.4) is 0 Å². The maximum atomic E-state index is 11.8. The maximum Gasteiger partial charge on any atom is 0.335 e. The normalized spacial score (nSPS) is 38.9. The first-order chi connectivity index (χ1) is 10.5. The fourth-order valence-corrected chi connectivity index (χ4v) is 3.87. The molecule has 7 nitrogen and oxygen atoms in total. The third-order valence-corrected chi connectivity index (χ3v) is 4.88. The molecule has 0 unspecified atom stereocenters. The van der Waals surface area contributed by atoms with E-state index in [1.165, 1.54) is 13.2 Å². The van der Waals surface area contributed by atoms with Gasteiger partial charge in [0.2, 0.25) is 0 Å². The summed E-state index contributed by atoms with van der Waals surface area (Å²) in [7, 11) is 1.48. The highest BCUT2D eigenvalue weighted by Crippen LogP contribution is 2.51. The molecule has 3 aliphatic rings. The Hall–Kier alpha value is -1.60. The molecule has 1 aliphatic carbocycles. The number of methoxy groups -OCH3 is 1. The van der Waals surface area contributed by atoms with E-state index < -0.39 is 35.7 Å². The number of carbonyl (C=O) groups is 2. The lowest BCUT2D eigenvalue weighted by molar-refractivity contribution is -0.199. The number of hydrogen-bond donors (Lipinski definition) is 1. The molecule has 3 rings (SSSR count). The summed E-state index contributed by atoms with van der Waals surface area (Å²) in [6.45, 7) is 2.75. The van der Waals surface area contributed by atoms with Crippen LogP contribution in [0.1, 0.15) is 19.8 Å². The quantitative estimate of drug-likeness (QED) is 0.775. The first-order valence-corrected chi connectivity index (χ1v) is 7.43. The first kappa shape index (κ1) is 15.3. The highest BCUT2D eigenvalue weighted by molar-refractivity contribution is 5.86. The van der Waals surface area contributed by atoms with Crippen LogP contribution in [-0.2, 0) is 28.5 Å². The van der Waals surface area contributed by atoms with Crippen LogP contribution >= 0.6 is 0 Å². The van der Waals surface area contributed by atoms with Crippen LogP contribution in [0.25, 0.3) is 0 Å². The van der Waals surface area contributed by atoms with Crippen LogP contribution in [0.5, 0.6) is 0 Å². The van der Waals surface area contributed by atoms with Crippen molar-refractivity contribution in [2.45, 2.75) is 31.7 Å². The Balaban J connectivity index is 1.97. The van der Waals surface area contributed by atoms with Gasteiger partial charge in [-0.3, -0.25) is 4.79 Å². The zero-order valence-electron chi connectivity index (χ0n) is 12.6. The van der Waals surface area contributed by atoms with Gasteiger partial charge in [-0.1, -0.05) is 6.92 Å². The van der Waals surface area contributed by atoms with Crippen molar-refractivity contribution in [2.24, 2.45) is 17.8 Å².